The fourth-order valence-electron chi connectivity index (χ4n) is 3.70. The summed E-state index contributed by atoms with van der Waals surface area (Å²) < 4.78 is 7.86. The molecule has 2 atom stereocenters. The average Bonchev–Trinajstić information content (AvgIpc) is 3.20. The summed E-state index contributed by atoms with van der Waals surface area (Å²) in [7, 11) is 1.91. The van der Waals surface area contributed by atoms with Crippen molar-refractivity contribution in [3.8, 4) is 5.75 Å². The maximum atomic E-state index is 12.8. The van der Waals surface area contributed by atoms with Crippen molar-refractivity contribution in [3.63, 3.8) is 0 Å². The summed E-state index contributed by atoms with van der Waals surface area (Å²) >= 11 is 0. The van der Waals surface area contributed by atoms with Crippen LogP contribution in [-0.4, -0.2) is 40.6 Å². The van der Waals surface area contributed by atoms with Gasteiger partial charge >= 0.3 is 0 Å². The van der Waals surface area contributed by atoms with E-state index in [1.165, 1.54) is 0 Å². The Bertz CT molecular complexity index is 725. The van der Waals surface area contributed by atoms with Crippen LogP contribution in [0.25, 0.3) is 0 Å². The predicted molar refractivity (Wildman–Crippen MR) is 86.4 cm³/mol. The largest absolute Gasteiger partial charge is 0.492 e. The molecule has 0 fully saturated rings. The van der Waals surface area contributed by atoms with Crippen molar-refractivity contribution >= 4 is 5.91 Å². The number of likely N-dealkylation sites (N-methyl/N-ethyl adjacent to an activating group) is 1. The summed E-state index contributed by atoms with van der Waals surface area (Å²) in [4.78, 5) is 19.0. The number of benzene rings is 1. The molecule has 0 aliphatic carbocycles. The molecule has 5 heteroatoms. The summed E-state index contributed by atoms with van der Waals surface area (Å²) in [5.74, 6) is 2.49. The number of hydrogen-bond donors (Lipinski definition) is 0. The summed E-state index contributed by atoms with van der Waals surface area (Å²) in [6, 6.07) is 7.84. The highest BCUT2D eigenvalue weighted by Gasteiger charge is 2.33. The summed E-state index contributed by atoms with van der Waals surface area (Å²) in [6.45, 7) is 2.19. The minimum atomic E-state index is -0.163. The molecule has 1 aromatic heterocycles. The number of hydrogen-bond acceptors (Lipinski definition) is 3. The molecule has 2 aliphatic heterocycles. The van der Waals surface area contributed by atoms with Gasteiger partial charge in [0.25, 0.3) is 0 Å². The zero-order chi connectivity index (χ0) is 15.8. The first-order chi connectivity index (χ1) is 11.2. The van der Waals surface area contributed by atoms with E-state index in [2.05, 4.69) is 9.55 Å². The first-order valence-electron chi connectivity index (χ1n) is 8.19. The second-order valence-corrected chi connectivity index (χ2v) is 6.52. The van der Waals surface area contributed by atoms with E-state index >= 15 is 0 Å². The number of carbonyl (C=O) groups excluding carboxylic acids is 1. The molecule has 1 aromatic carbocycles. The summed E-state index contributed by atoms with van der Waals surface area (Å²) in [5.41, 5.74) is 1.02. The monoisotopic (exact) mass is 311 g/mol. The number of rotatable bonds is 3. The lowest BCUT2D eigenvalue weighted by Crippen LogP contribution is -2.38. The van der Waals surface area contributed by atoms with Crippen LogP contribution >= 0.6 is 0 Å². The van der Waals surface area contributed by atoms with E-state index in [1.807, 2.05) is 48.6 Å². The third-order valence-electron chi connectivity index (χ3n) is 4.94. The Morgan fingerprint density at radius 2 is 2.30 bits per heavy atom. The topological polar surface area (TPSA) is 47.4 Å². The highest BCUT2D eigenvalue weighted by molar-refractivity contribution is 5.85. The molecule has 2 aromatic rings. The zero-order valence-corrected chi connectivity index (χ0v) is 13.3. The Kier molecular flexibility index (Phi) is 3.56. The molecular weight excluding hydrogens is 290 g/mol. The second-order valence-electron chi connectivity index (χ2n) is 6.52. The quantitative estimate of drug-likeness (QED) is 0.872. The molecule has 0 spiro atoms. The van der Waals surface area contributed by atoms with Gasteiger partial charge < -0.3 is 14.2 Å². The molecule has 4 rings (SSSR count). The minimum absolute atomic E-state index is 0.159. The van der Waals surface area contributed by atoms with Gasteiger partial charge in [0.05, 0.1) is 0 Å². The van der Waals surface area contributed by atoms with Crippen LogP contribution in [0.2, 0.25) is 0 Å². The van der Waals surface area contributed by atoms with Gasteiger partial charge in [-0.1, -0.05) is 18.2 Å². The highest BCUT2D eigenvalue weighted by atomic mass is 16.5. The van der Waals surface area contributed by atoms with Crippen LogP contribution in [0.15, 0.2) is 36.7 Å². The number of aromatic nitrogens is 2. The maximum absolute atomic E-state index is 12.8. The molecule has 2 aliphatic rings. The standard InChI is InChI=1S/C18H21N3O2/c1-20(10-13-6-7-17-19-8-9-21(17)11-13)18(22)15-12-23-16-5-3-2-4-14(15)16/h2-5,8-9,13,15H,6-7,10-12H2,1H3/t13-,15-/m1/s1. The van der Waals surface area contributed by atoms with Crippen molar-refractivity contribution in [2.75, 3.05) is 20.2 Å². The Morgan fingerprint density at radius 3 is 3.22 bits per heavy atom. The molecule has 0 N–H and O–H groups in total. The SMILES string of the molecule is CN(C[C@H]1CCc2nccn2C1)C(=O)[C@@H]1COc2ccccc21. The van der Waals surface area contributed by atoms with Crippen LogP contribution in [-0.2, 0) is 17.8 Å². The number of ether oxygens (including phenoxy) is 1. The van der Waals surface area contributed by atoms with Crippen molar-refractivity contribution < 1.29 is 9.53 Å². The lowest BCUT2D eigenvalue weighted by atomic mass is 9.96. The second kappa shape index (κ2) is 5.72. The molecule has 23 heavy (non-hydrogen) atoms. The van der Waals surface area contributed by atoms with Crippen LogP contribution in [0.5, 0.6) is 5.75 Å². The van der Waals surface area contributed by atoms with Crippen molar-refractivity contribution in [1.29, 1.82) is 0 Å². The van der Waals surface area contributed by atoms with Gasteiger partial charge in [-0.3, -0.25) is 4.79 Å². The van der Waals surface area contributed by atoms with E-state index in [9.17, 15) is 4.79 Å². The predicted octanol–water partition coefficient (Wildman–Crippen LogP) is 2.08. The van der Waals surface area contributed by atoms with Crippen molar-refractivity contribution in [1.82, 2.24) is 14.5 Å². The Balaban J connectivity index is 1.42. The van der Waals surface area contributed by atoms with Gasteiger partial charge in [0.15, 0.2) is 0 Å². The first kappa shape index (κ1) is 14.3. The lowest BCUT2D eigenvalue weighted by Gasteiger charge is -2.29. The molecule has 1 amide bonds. The third-order valence-corrected chi connectivity index (χ3v) is 4.94. The van der Waals surface area contributed by atoms with E-state index in [1.54, 1.807) is 0 Å². The molecule has 3 heterocycles. The van der Waals surface area contributed by atoms with Crippen molar-refractivity contribution in [2.24, 2.45) is 5.92 Å². The van der Waals surface area contributed by atoms with Crippen molar-refractivity contribution in [3.05, 3.63) is 48.0 Å². The molecule has 120 valence electrons. The fraction of sp³-hybridized carbons (Fsp3) is 0.444. The highest BCUT2D eigenvalue weighted by Crippen LogP contribution is 2.34. The third kappa shape index (κ3) is 2.60. The van der Waals surface area contributed by atoms with E-state index in [4.69, 9.17) is 4.74 Å². The van der Waals surface area contributed by atoms with Crippen LogP contribution < -0.4 is 4.74 Å². The van der Waals surface area contributed by atoms with E-state index < -0.39 is 0 Å². The summed E-state index contributed by atoms with van der Waals surface area (Å²) in [6.07, 6.45) is 5.98. The van der Waals surface area contributed by atoms with Crippen molar-refractivity contribution in [2.45, 2.75) is 25.3 Å². The van der Waals surface area contributed by atoms with Gasteiger partial charge in [-0.2, -0.15) is 0 Å². The number of imidazole rings is 1. The smallest absolute Gasteiger partial charge is 0.233 e. The maximum Gasteiger partial charge on any atom is 0.233 e. The Morgan fingerprint density at radius 1 is 1.43 bits per heavy atom. The van der Waals surface area contributed by atoms with E-state index in [-0.39, 0.29) is 11.8 Å². The molecule has 0 saturated heterocycles. The number of fused-ring (bicyclic) bond motifs is 2. The van der Waals surface area contributed by atoms with Crippen LogP contribution in [0.4, 0.5) is 0 Å². The number of aryl methyl sites for hydroxylation is 1. The molecule has 5 nitrogen and oxygen atoms in total. The molecule has 0 unspecified atom stereocenters. The molecular formula is C18H21N3O2. The Hall–Kier alpha value is -2.30. The van der Waals surface area contributed by atoms with Gasteiger partial charge in [0, 0.05) is 44.5 Å². The fourth-order valence-corrected chi connectivity index (χ4v) is 3.70. The molecule has 0 saturated carbocycles. The van der Waals surface area contributed by atoms with Gasteiger partial charge in [0.1, 0.15) is 24.1 Å². The first-order valence-corrected chi connectivity index (χ1v) is 8.19. The van der Waals surface area contributed by atoms with Gasteiger partial charge in [-0.25, -0.2) is 4.98 Å². The minimum Gasteiger partial charge on any atom is -0.492 e. The molecule has 0 bridgehead atoms. The van der Waals surface area contributed by atoms with Gasteiger partial charge in [-0.05, 0) is 18.4 Å². The number of nitrogens with zero attached hydrogens (tertiary/aromatic N) is 3. The zero-order valence-electron chi connectivity index (χ0n) is 13.3. The number of amides is 1. The van der Waals surface area contributed by atoms with Crippen LogP contribution in [0, 0.1) is 5.92 Å². The van der Waals surface area contributed by atoms with Gasteiger partial charge in [-0.15, -0.1) is 0 Å². The Labute approximate surface area is 135 Å². The van der Waals surface area contributed by atoms with Gasteiger partial charge in [0.2, 0.25) is 5.91 Å². The lowest BCUT2D eigenvalue weighted by molar-refractivity contribution is -0.132. The van der Waals surface area contributed by atoms with Crippen LogP contribution in [0.1, 0.15) is 23.7 Å². The van der Waals surface area contributed by atoms with E-state index in [0.717, 1.165) is 43.1 Å². The van der Waals surface area contributed by atoms with Crippen LogP contribution in [0.3, 0.4) is 0 Å². The summed E-state index contributed by atoms with van der Waals surface area (Å²) in [5, 5.41) is 0. The number of carbonyl (C=O) groups is 1. The normalized spacial score (nSPS) is 22.1. The van der Waals surface area contributed by atoms with E-state index in [0.29, 0.717) is 12.5 Å². The number of para-hydroxylation sites is 1. The average molecular weight is 311 g/mol. The molecule has 0 radical (unpaired) electrons.